The second-order valence-corrected chi connectivity index (χ2v) is 10.8. The molecular formula is C34H32FN3O6. The molecule has 10 heteroatoms. The van der Waals surface area contributed by atoms with Crippen molar-refractivity contribution in [3.63, 3.8) is 0 Å². The van der Waals surface area contributed by atoms with E-state index in [1.165, 1.54) is 12.1 Å². The largest absolute Gasteiger partial charge is 0.487 e. The smallest absolute Gasteiger partial charge is 0.323 e. The van der Waals surface area contributed by atoms with E-state index < -0.39 is 30.2 Å². The number of carbonyl (C=O) groups excluding carboxylic acids is 2. The van der Waals surface area contributed by atoms with Crippen molar-refractivity contribution in [3.05, 3.63) is 114 Å². The van der Waals surface area contributed by atoms with Gasteiger partial charge in [-0.05, 0) is 66.6 Å². The summed E-state index contributed by atoms with van der Waals surface area (Å²) in [6.07, 6.45) is -0.860. The number of ether oxygens (including phenoxy) is 3. The topological polar surface area (TPSA) is 118 Å². The third-order valence-corrected chi connectivity index (χ3v) is 7.68. The van der Waals surface area contributed by atoms with Gasteiger partial charge in [-0.2, -0.15) is 0 Å². The van der Waals surface area contributed by atoms with Gasteiger partial charge in [-0.15, -0.1) is 0 Å². The van der Waals surface area contributed by atoms with E-state index in [-0.39, 0.29) is 30.5 Å². The van der Waals surface area contributed by atoms with Crippen LogP contribution >= 0.6 is 0 Å². The van der Waals surface area contributed by atoms with Gasteiger partial charge in [-0.25, -0.2) is 9.18 Å². The molecule has 44 heavy (non-hydrogen) atoms. The number of aliphatic hydroxyl groups excluding tert-OH is 1. The van der Waals surface area contributed by atoms with E-state index in [1.54, 1.807) is 24.3 Å². The van der Waals surface area contributed by atoms with Gasteiger partial charge >= 0.3 is 6.03 Å². The van der Waals surface area contributed by atoms with Gasteiger partial charge in [0.05, 0.1) is 24.8 Å². The van der Waals surface area contributed by atoms with Crippen LogP contribution < -0.4 is 25.4 Å². The summed E-state index contributed by atoms with van der Waals surface area (Å²) < 4.78 is 32.0. The Labute approximate surface area is 254 Å². The fourth-order valence-electron chi connectivity index (χ4n) is 5.59. The molecule has 4 aromatic rings. The number of urea groups is 1. The van der Waals surface area contributed by atoms with E-state index in [0.717, 1.165) is 16.9 Å². The number of rotatable bonds is 9. The third-order valence-electron chi connectivity index (χ3n) is 7.68. The highest BCUT2D eigenvalue weighted by Gasteiger charge is 2.46. The van der Waals surface area contributed by atoms with Gasteiger partial charge in [0.1, 0.15) is 35.3 Å². The molecule has 0 saturated carbocycles. The zero-order valence-corrected chi connectivity index (χ0v) is 23.7. The number of para-hydroxylation sites is 2. The summed E-state index contributed by atoms with van der Waals surface area (Å²) in [7, 11) is 0. The van der Waals surface area contributed by atoms with Crippen LogP contribution in [0, 0.1) is 5.82 Å². The maximum absolute atomic E-state index is 13.9. The van der Waals surface area contributed by atoms with Crippen LogP contribution in [0.15, 0.2) is 97.1 Å². The van der Waals surface area contributed by atoms with Gasteiger partial charge in [0.2, 0.25) is 5.91 Å². The molecule has 0 spiro atoms. The van der Waals surface area contributed by atoms with Gasteiger partial charge < -0.3 is 35.3 Å². The van der Waals surface area contributed by atoms with E-state index in [4.69, 9.17) is 14.2 Å². The second-order valence-electron chi connectivity index (χ2n) is 10.8. The molecular weight excluding hydrogens is 565 g/mol. The van der Waals surface area contributed by atoms with Crippen LogP contribution in [0.3, 0.4) is 0 Å². The van der Waals surface area contributed by atoms with Gasteiger partial charge in [-0.1, -0.05) is 42.5 Å². The molecule has 0 unspecified atom stereocenters. The minimum absolute atomic E-state index is 0.0694. The van der Waals surface area contributed by atoms with Crippen LogP contribution in [0.2, 0.25) is 0 Å². The first-order chi connectivity index (χ1) is 21.4. The predicted octanol–water partition coefficient (Wildman–Crippen LogP) is 5.96. The van der Waals surface area contributed by atoms with Gasteiger partial charge in [-0.3, -0.25) is 4.79 Å². The molecule has 0 radical (unpaired) electrons. The number of hydrogen-bond acceptors (Lipinski definition) is 6. The number of benzene rings is 4. The van der Waals surface area contributed by atoms with E-state index >= 15 is 0 Å². The number of fused-ring (bicyclic) bond motifs is 3. The van der Waals surface area contributed by atoms with Gasteiger partial charge in [0.15, 0.2) is 0 Å². The van der Waals surface area contributed by atoms with Crippen molar-refractivity contribution in [1.82, 2.24) is 5.32 Å². The molecule has 2 aliphatic heterocycles. The van der Waals surface area contributed by atoms with E-state index in [2.05, 4.69) is 16.0 Å². The Morgan fingerprint density at radius 3 is 2.43 bits per heavy atom. The molecule has 1 saturated heterocycles. The highest BCUT2D eigenvalue weighted by atomic mass is 19.1. The first-order valence-corrected chi connectivity index (χ1v) is 14.4. The predicted molar refractivity (Wildman–Crippen MR) is 162 cm³/mol. The maximum Gasteiger partial charge on any atom is 0.323 e. The Kier molecular flexibility index (Phi) is 8.71. The van der Waals surface area contributed by atoms with E-state index in [0.29, 0.717) is 30.2 Å². The molecule has 1 fully saturated rings. The molecule has 4 N–H and O–H groups in total. The highest BCUT2D eigenvalue weighted by Crippen LogP contribution is 2.47. The summed E-state index contributed by atoms with van der Waals surface area (Å²) in [5, 5.41) is 18.2. The summed E-state index contributed by atoms with van der Waals surface area (Å²) in [4.78, 5) is 25.4. The van der Waals surface area contributed by atoms with Gasteiger partial charge in [0.25, 0.3) is 0 Å². The van der Waals surface area contributed by atoms with Crippen molar-refractivity contribution in [2.45, 2.75) is 43.6 Å². The van der Waals surface area contributed by atoms with Crippen molar-refractivity contribution in [2.24, 2.45) is 0 Å². The molecule has 4 atom stereocenters. The molecule has 3 amide bonds. The molecule has 2 heterocycles. The standard InChI is InChI=1S/C34H32FN3O6/c35-28-8-4-5-9-29(28)38-34(41)37-22-12-15-30-26(16-22)27-17-25(43-31(20-39)33(27)44-30)18-32(40)36-19-21-10-13-24(14-11-21)42-23-6-2-1-3-7-23/h1-16,25,27,31,33,39H,17-20H2,(H,36,40)(H2,37,38,41)/t25-,27-,31+,33+/m1/s1. The molecule has 0 aliphatic carbocycles. The lowest BCUT2D eigenvalue weighted by Crippen LogP contribution is -2.47. The Bertz CT molecular complexity index is 1620. The Morgan fingerprint density at radius 2 is 1.66 bits per heavy atom. The lowest BCUT2D eigenvalue weighted by molar-refractivity contribution is -0.142. The minimum Gasteiger partial charge on any atom is -0.487 e. The van der Waals surface area contributed by atoms with Crippen LogP contribution in [0.5, 0.6) is 17.2 Å². The van der Waals surface area contributed by atoms with E-state index in [9.17, 15) is 19.1 Å². The summed E-state index contributed by atoms with van der Waals surface area (Å²) in [5.74, 6) is 1.22. The number of nitrogens with one attached hydrogen (secondary N) is 3. The van der Waals surface area contributed by atoms with Crippen LogP contribution in [-0.4, -0.2) is 42.0 Å². The molecule has 4 aromatic carbocycles. The molecule has 6 rings (SSSR count). The number of carbonyl (C=O) groups is 2. The van der Waals surface area contributed by atoms with Crippen LogP contribution in [-0.2, 0) is 16.1 Å². The van der Waals surface area contributed by atoms with Gasteiger partial charge in [0, 0.05) is 23.7 Å². The molecule has 2 aliphatic rings. The number of aliphatic hydroxyl groups is 1. The third kappa shape index (κ3) is 6.82. The quantitative estimate of drug-likeness (QED) is 0.189. The number of halogens is 1. The number of hydrogen-bond donors (Lipinski definition) is 4. The summed E-state index contributed by atoms with van der Waals surface area (Å²) in [6, 6.07) is 27.6. The molecule has 0 bridgehead atoms. The van der Waals surface area contributed by atoms with Crippen LogP contribution in [0.4, 0.5) is 20.6 Å². The number of amides is 3. The van der Waals surface area contributed by atoms with Crippen molar-refractivity contribution >= 4 is 23.3 Å². The Balaban J connectivity index is 1.05. The fourth-order valence-corrected chi connectivity index (χ4v) is 5.59. The molecule has 9 nitrogen and oxygen atoms in total. The molecule has 226 valence electrons. The van der Waals surface area contributed by atoms with E-state index in [1.807, 2.05) is 60.7 Å². The van der Waals surface area contributed by atoms with Crippen molar-refractivity contribution in [3.8, 4) is 17.2 Å². The average Bonchev–Trinajstić information content (AvgIpc) is 3.40. The maximum atomic E-state index is 13.9. The van der Waals surface area contributed by atoms with Crippen molar-refractivity contribution in [1.29, 1.82) is 0 Å². The Morgan fingerprint density at radius 1 is 0.909 bits per heavy atom. The first-order valence-electron chi connectivity index (χ1n) is 14.4. The van der Waals surface area contributed by atoms with Crippen molar-refractivity contribution < 1.29 is 33.3 Å². The highest BCUT2D eigenvalue weighted by molar-refractivity contribution is 6.00. The van der Waals surface area contributed by atoms with Crippen LogP contribution in [0.1, 0.15) is 29.9 Å². The normalized spacial score (nSPS) is 20.0. The average molecular weight is 598 g/mol. The zero-order valence-electron chi connectivity index (χ0n) is 23.7. The first kappa shape index (κ1) is 29.2. The lowest BCUT2D eigenvalue weighted by atomic mass is 9.84. The fraction of sp³-hybridized carbons (Fsp3) is 0.235. The summed E-state index contributed by atoms with van der Waals surface area (Å²) in [6.45, 7) is 0.0867. The summed E-state index contributed by atoms with van der Waals surface area (Å²) in [5.41, 5.74) is 2.35. The Hall–Kier alpha value is -4.93. The minimum atomic E-state index is -0.614. The zero-order chi connectivity index (χ0) is 30.5. The number of anilines is 2. The second kappa shape index (κ2) is 13.2. The van der Waals surface area contributed by atoms with Crippen molar-refractivity contribution in [2.75, 3.05) is 17.2 Å². The SMILES string of the molecule is O=C(C[C@H]1C[C@@H]2c3cc(NC(=O)Nc4ccccc4F)ccc3O[C@@H]2[C@H](CO)O1)NCc1ccc(Oc2ccccc2)cc1. The monoisotopic (exact) mass is 597 g/mol. The van der Waals surface area contributed by atoms with Crippen LogP contribution in [0.25, 0.3) is 0 Å². The lowest BCUT2D eigenvalue weighted by Gasteiger charge is -2.37. The molecule has 0 aromatic heterocycles. The summed E-state index contributed by atoms with van der Waals surface area (Å²) >= 11 is 0.